The lowest BCUT2D eigenvalue weighted by Crippen LogP contribution is -2.50. The molecule has 2 rings (SSSR count). The molecule has 0 saturated carbocycles. The van der Waals surface area contributed by atoms with Crippen LogP contribution in [0.3, 0.4) is 0 Å². The number of hydrogen-bond donors (Lipinski definition) is 1. The maximum atomic E-state index is 12.2. The van der Waals surface area contributed by atoms with E-state index in [9.17, 15) is 4.79 Å². The summed E-state index contributed by atoms with van der Waals surface area (Å²) < 4.78 is 5.71. The van der Waals surface area contributed by atoms with Crippen LogP contribution in [0.1, 0.15) is 6.92 Å². The van der Waals surface area contributed by atoms with Crippen LogP contribution in [0.4, 0.5) is 0 Å². The van der Waals surface area contributed by atoms with Crippen molar-refractivity contribution in [2.24, 2.45) is 0 Å². The van der Waals surface area contributed by atoms with Crippen molar-refractivity contribution in [3.8, 4) is 5.75 Å². The summed E-state index contributed by atoms with van der Waals surface area (Å²) in [6.45, 7) is 5.06. The fraction of sp³-hybridized carbons (Fsp3) is 0.500. The maximum absolute atomic E-state index is 12.2. The normalized spacial score (nSPS) is 17.1. The monoisotopic (exact) mass is 280 g/mol. The predicted octanol–water partition coefficient (Wildman–Crippen LogP) is 1.61. The minimum Gasteiger partial charge on any atom is -0.481 e. The number of hydrogen-bond acceptors (Lipinski definition) is 4. The van der Waals surface area contributed by atoms with Gasteiger partial charge in [-0.25, -0.2) is 0 Å². The molecule has 0 aromatic heterocycles. The van der Waals surface area contributed by atoms with E-state index in [1.54, 1.807) is 11.8 Å². The lowest BCUT2D eigenvalue weighted by Gasteiger charge is -2.29. The van der Waals surface area contributed by atoms with Crippen LogP contribution in [0.25, 0.3) is 0 Å². The van der Waals surface area contributed by atoms with E-state index in [-0.39, 0.29) is 5.91 Å². The Hall–Kier alpha value is -1.20. The number of rotatable bonds is 4. The van der Waals surface area contributed by atoms with Crippen molar-refractivity contribution in [1.82, 2.24) is 10.2 Å². The second kappa shape index (κ2) is 6.82. The summed E-state index contributed by atoms with van der Waals surface area (Å²) in [5, 5.41) is 3.23. The minimum atomic E-state index is -0.432. The zero-order chi connectivity index (χ0) is 13.7. The van der Waals surface area contributed by atoms with Crippen LogP contribution >= 0.6 is 11.8 Å². The zero-order valence-corrected chi connectivity index (χ0v) is 12.2. The molecule has 1 aromatic carbocycles. The van der Waals surface area contributed by atoms with Gasteiger partial charge in [-0.15, -0.1) is 11.8 Å². The van der Waals surface area contributed by atoms with Gasteiger partial charge < -0.3 is 15.0 Å². The van der Waals surface area contributed by atoms with Crippen LogP contribution in [-0.4, -0.2) is 49.3 Å². The summed E-state index contributed by atoms with van der Waals surface area (Å²) in [4.78, 5) is 15.2. The van der Waals surface area contributed by atoms with Gasteiger partial charge in [-0.2, -0.15) is 0 Å². The molecular weight excluding hydrogens is 260 g/mol. The summed E-state index contributed by atoms with van der Waals surface area (Å²) in [5.74, 6) is 0.809. The molecule has 0 aliphatic carbocycles. The van der Waals surface area contributed by atoms with Gasteiger partial charge in [0.25, 0.3) is 5.91 Å². The van der Waals surface area contributed by atoms with E-state index in [2.05, 4.69) is 5.32 Å². The molecule has 104 valence electrons. The first-order valence-corrected chi connectivity index (χ1v) is 7.73. The zero-order valence-electron chi connectivity index (χ0n) is 11.4. The average Bonchev–Trinajstić information content (AvgIpc) is 2.48. The van der Waals surface area contributed by atoms with Crippen molar-refractivity contribution in [3.05, 3.63) is 24.3 Å². The van der Waals surface area contributed by atoms with Crippen LogP contribution in [0, 0.1) is 0 Å². The third-order valence-electron chi connectivity index (χ3n) is 3.15. The van der Waals surface area contributed by atoms with E-state index in [0.29, 0.717) is 0 Å². The molecule has 1 aliphatic heterocycles. The number of nitrogens with one attached hydrogen (secondary N) is 1. The number of thioether (sulfide) groups is 1. The Kier molecular flexibility index (Phi) is 5.10. The average molecular weight is 280 g/mol. The fourth-order valence-electron chi connectivity index (χ4n) is 2.05. The molecule has 0 radical (unpaired) electrons. The molecule has 0 unspecified atom stereocenters. The van der Waals surface area contributed by atoms with Gasteiger partial charge >= 0.3 is 0 Å². The van der Waals surface area contributed by atoms with Gasteiger partial charge in [0.2, 0.25) is 0 Å². The van der Waals surface area contributed by atoms with E-state index in [4.69, 9.17) is 4.74 Å². The number of carbonyl (C=O) groups is 1. The Labute approximate surface area is 118 Å². The lowest BCUT2D eigenvalue weighted by molar-refractivity contribution is -0.138. The second-order valence-electron chi connectivity index (χ2n) is 4.51. The first-order valence-electron chi connectivity index (χ1n) is 6.51. The Morgan fingerprint density at radius 3 is 2.53 bits per heavy atom. The van der Waals surface area contributed by atoms with E-state index >= 15 is 0 Å². The van der Waals surface area contributed by atoms with Crippen LogP contribution in [0.2, 0.25) is 0 Å². The highest BCUT2D eigenvalue weighted by Crippen LogP contribution is 2.20. The molecule has 1 N–H and O–H groups in total. The highest BCUT2D eigenvalue weighted by Gasteiger charge is 2.23. The van der Waals surface area contributed by atoms with Gasteiger partial charge in [0.1, 0.15) is 5.75 Å². The summed E-state index contributed by atoms with van der Waals surface area (Å²) >= 11 is 1.69. The quantitative estimate of drug-likeness (QED) is 0.851. The van der Waals surface area contributed by atoms with Crippen molar-refractivity contribution in [2.45, 2.75) is 17.9 Å². The van der Waals surface area contributed by atoms with Gasteiger partial charge in [-0.05, 0) is 37.4 Å². The van der Waals surface area contributed by atoms with E-state index in [1.807, 2.05) is 42.3 Å². The van der Waals surface area contributed by atoms with Crippen molar-refractivity contribution in [2.75, 3.05) is 32.4 Å². The standard InChI is InChI=1S/C14H20N2O2S/c1-11(14(17)16-9-7-15-8-10-16)18-12-3-5-13(19-2)6-4-12/h3-6,11,15H,7-10H2,1-2H3/t11-/m1/s1. The fourth-order valence-corrected chi connectivity index (χ4v) is 2.46. The summed E-state index contributed by atoms with van der Waals surface area (Å²) in [7, 11) is 0. The number of amides is 1. The Morgan fingerprint density at radius 2 is 1.95 bits per heavy atom. The van der Waals surface area contributed by atoms with Gasteiger partial charge in [-0.3, -0.25) is 4.79 Å². The van der Waals surface area contributed by atoms with Crippen LogP contribution < -0.4 is 10.1 Å². The van der Waals surface area contributed by atoms with Crippen molar-refractivity contribution in [3.63, 3.8) is 0 Å². The molecule has 1 aliphatic rings. The van der Waals surface area contributed by atoms with E-state index < -0.39 is 6.10 Å². The highest BCUT2D eigenvalue weighted by atomic mass is 32.2. The van der Waals surface area contributed by atoms with Gasteiger partial charge in [0, 0.05) is 31.1 Å². The largest absolute Gasteiger partial charge is 0.481 e. The smallest absolute Gasteiger partial charge is 0.263 e. The topological polar surface area (TPSA) is 41.6 Å². The first-order chi connectivity index (χ1) is 9.20. The van der Waals surface area contributed by atoms with E-state index in [1.165, 1.54) is 4.90 Å². The van der Waals surface area contributed by atoms with Crippen LogP contribution in [0.5, 0.6) is 5.75 Å². The Bertz CT molecular complexity index is 416. The number of ether oxygens (including phenoxy) is 1. The third-order valence-corrected chi connectivity index (χ3v) is 3.89. The van der Waals surface area contributed by atoms with Gasteiger partial charge in [0.05, 0.1) is 0 Å². The molecule has 1 fully saturated rings. The molecular formula is C14H20N2O2S. The van der Waals surface area contributed by atoms with Crippen molar-refractivity contribution < 1.29 is 9.53 Å². The Balaban J connectivity index is 1.91. The SMILES string of the molecule is CSc1ccc(O[C@H](C)C(=O)N2CCNCC2)cc1. The molecule has 5 heteroatoms. The molecule has 0 bridgehead atoms. The molecule has 19 heavy (non-hydrogen) atoms. The van der Waals surface area contributed by atoms with Crippen molar-refractivity contribution in [1.29, 1.82) is 0 Å². The van der Waals surface area contributed by atoms with E-state index in [0.717, 1.165) is 31.9 Å². The van der Waals surface area contributed by atoms with Crippen molar-refractivity contribution >= 4 is 17.7 Å². The molecule has 1 aromatic rings. The lowest BCUT2D eigenvalue weighted by atomic mass is 10.3. The molecule has 0 spiro atoms. The molecule has 1 amide bonds. The summed E-state index contributed by atoms with van der Waals surface area (Å²) in [5.41, 5.74) is 0. The number of carbonyl (C=O) groups excluding carboxylic acids is 1. The number of nitrogens with zero attached hydrogens (tertiary/aromatic N) is 1. The molecule has 1 saturated heterocycles. The highest BCUT2D eigenvalue weighted by molar-refractivity contribution is 7.98. The molecule has 1 heterocycles. The number of benzene rings is 1. The van der Waals surface area contributed by atoms with Gasteiger partial charge in [-0.1, -0.05) is 0 Å². The predicted molar refractivity (Wildman–Crippen MR) is 77.8 cm³/mol. The summed E-state index contributed by atoms with van der Waals surface area (Å²) in [6, 6.07) is 7.82. The van der Waals surface area contributed by atoms with Crippen LogP contribution in [-0.2, 0) is 4.79 Å². The first kappa shape index (κ1) is 14.2. The third kappa shape index (κ3) is 3.88. The van der Waals surface area contributed by atoms with Gasteiger partial charge in [0.15, 0.2) is 6.10 Å². The minimum absolute atomic E-state index is 0.0652. The van der Waals surface area contributed by atoms with Crippen LogP contribution in [0.15, 0.2) is 29.2 Å². The second-order valence-corrected chi connectivity index (χ2v) is 5.39. The summed E-state index contributed by atoms with van der Waals surface area (Å²) in [6.07, 6.45) is 1.60. The Morgan fingerprint density at radius 1 is 1.32 bits per heavy atom. The molecule has 1 atom stereocenters. The molecule has 4 nitrogen and oxygen atoms in total. The maximum Gasteiger partial charge on any atom is 0.263 e. The number of piperazine rings is 1.